The number of benzene rings is 2. The van der Waals surface area contributed by atoms with E-state index in [-0.39, 0.29) is 30.6 Å². The van der Waals surface area contributed by atoms with Gasteiger partial charge in [-0.3, -0.25) is 14.4 Å². The van der Waals surface area contributed by atoms with E-state index in [0.717, 1.165) is 10.0 Å². The van der Waals surface area contributed by atoms with E-state index in [1.807, 2.05) is 19.1 Å². The van der Waals surface area contributed by atoms with Crippen molar-refractivity contribution in [2.45, 2.75) is 20.3 Å². The second kappa shape index (κ2) is 9.32. The van der Waals surface area contributed by atoms with Crippen molar-refractivity contribution >= 4 is 39.2 Å². The lowest BCUT2D eigenvalue weighted by atomic mass is 10.0. The highest BCUT2D eigenvalue weighted by atomic mass is 79.9. The van der Waals surface area contributed by atoms with Crippen LogP contribution in [0.15, 0.2) is 40.9 Å². The summed E-state index contributed by atoms with van der Waals surface area (Å²) in [5.74, 6) is -0.233. The van der Waals surface area contributed by atoms with Gasteiger partial charge in [0.25, 0.3) is 0 Å². The van der Waals surface area contributed by atoms with E-state index in [0.29, 0.717) is 22.6 Å². The molecule has 0 heterocycles. The van der Waals surface area contributed by atoms with Crippen LogP contribution in [0.4, 0.5) is 5.69 Å². The van der Waals surface area contributed by atoms with E-state index >= 15 is 0 Å². The Hall–Kier alpha value is -2.67. The first kappa shape index (κ1) is 20.6. The van der Waals surface area contributed by atoms with Crippen molar-refractivity contribution in [2.24, 2.45) is 0 Å². The molecule has 0 aliphatic heterocycles. The summed E-state index contributed by atoms with van der Waals surface area (Å²) < 4.78 is 6.16. The van der Waals surface area contributed by atoms with E-state index in [1.165, 1.54) is 14.0 Å². The zero-order chi connectivity index (χ0) is 20.0. The molecule has 0 atom stereocenters. The van der Waals surface area contributed by atoms with E-state index in [1.54, 1.807) is 24.3 Å². The number of anilines is 1. The Kier molecular flexibility index (Phi) is 7.12. The molecule has 27 heavy (non-hydrogen) atoms. The minimum Gasteiger partial charge on any atom is -0.496 e. The third-order valence-electron chi connectivity index (χ3n) is 3.95. The third kappa shape index (κ3) is 5.92. The van der Waals surface area contributed by atoms with Gasteiger partial charge in [-0.15, -0.1) is 0 Å². The largest absolute Gasteiger partial charge is 0.496 e. The SMILES string of the molecule is COc1ccc(C(C)=O)cc1CC(=O)NCC(=O)Nc1ccc(Br)cc1C. The van der Waals surface area contributed by atoms with Gasteiger partial charge in [0.2, 0.25) is 11.8 Å². The van der Waals surface area contributed by atoms with Gasteiger partial charge in [-0.1, -0.05) is 15.9 Å². The van der Waals surface area contributed by atoms with Crippen LogP contribution in [0.25, 0.3) is 0 Å². The van der Waals surface area contributed by atoms with E-state index < -0.39 is 0 Å². The number of hydrogen-bond acceptors (Lipinski definition) is 4. The molecule has 0 unspecified atom stereocenters. The van der Waals surface area contributed by atoms with Crippen LogP contribution in [0.2, 0.25) is 0 Å². The molecular weight excluding hydrogens is 412 g/mol. The molecule has 0 aliphatic rings. The molecule has 0 saturated heterocycles. The lowest BCUT2D eigenvalue weighted by Gasteiger charge is -2.11. The number of ether oxygens (including phenoxy) is 1. The maximum absolute atomic E-state index is 12.2. The first-order valence-electron chi connectivity index (χ1n) is 8.30. The summed E-state index contributed by atoms with van der Waals surface area (Å²) in [7, 11) is 1.50. The minimum atomic E-state index is -0.336. The molecule has 2 rings (SSSR count). The van der Waals surface area contributed by atoms with Gasteiger partial charge in [0.05, 0.1) is 20.1 Å². The average molecular weight is 433 g/mol. The summed E-state index contributed by atoms with van der Waals surface area (Å²) >= 11 is 3.37. The number of rotatable bonds is 7. The van der Waals surface area contributed by atoms with Gasteiger partial charge >= 0.3 is 0 Å². The number of hydrogen-bond donors (Lipinski definition) is 2. The van der Waals surface area contributed by atoms with Crippen molar-refractivity contribution < 1.29 is 19.1 Å². The van der Waals surface area contributed by atoms with Crippen LogP contribution >= 0.6 is 15.9 Å². The number of carbonyl (C=O) groups excluding carboxylic acids is 3. The summed E-state index contributed by atoms with van der Waals surface area (Å²) in [6.07, 6.45) is 0.00881. The highest BCUT2D eigenvalue weighted by Crippen LogP contribution is 2.21. The molecule has 0 aromatic heterocycles. The molecule has 0 radical (unpaired) electrons. The molecule has 0 spiro atoms. The van der Waals surface area contributed by atoms with Crippen LogP contribution in [-0.2, 0) is 16.0 Å². The second-order valence-electron chi connectivity index (χ2n) is 6.04. The van der Waals surface area contributed by atoms with E-state index in [4.69, 9.17) is 4.74 Å². The normalized spacial score (nSPS) is 10.2. The van der Waals surface area contributed by atoms with Gasteiger partial charge < -0.3 is 15.4 Å². The van der Waals surface area contributed by atoms with Crippen LogP contribution in [0, 0.1) is 6.92 Å². The second-order valence-corrected chi connectivity index (χ2v) is 6.96. The standard InChI is InChI=1S/C20H21BrN2O4/c1-12-8-16(21)5-6-17(12)23-20(26)11-22-19(25)10-15-9-14(13(2)24)4-7-18(15)27-3/h4-9H,10-11H2,1-3H3,(H,22,25)(H,23,26). The Balaban J connectivity index is 1.95. The minimum absolute atomic E-state index is 0.00881. The van der Waals surface area contributed by atoms with Crippen molar-refractivity contribution in [3.8, 4) is 5.75 Å². The Morgan fingerprint density at radius 1 is 1.07 bits per heavy atom. The quantitative estimate of drug-likeness (QED) is 0.657. The molecule has 6 nitrogen and oxygen atoms in total. The summed E-state index contributed by atoms with van der Waals surface area (Å²) in [4.78, 5) is 35.8. The first-order valence-corrected chi connectivity index (χ1v) is 9.10. The summed E-state index contributed by atoms with van der Waals surface area (Å²) in [6.45, 7) is 3.19. The molecule has 2 aromatic carbocycles. The van der Waals surface area contributed by atoms with Crippen molar-refractivity contribution in [2.75, 3.05) is 19.0 Å². The van der Waals surface area contributed by atoms with Gasteiger partial charge in [-0.2, -0.15) is 0 Å². The maximum Gasteiger partial charge on any atom is 0.243 e. The monoisotopic (exact) mass is 432 g/mol. The van der Waals surface area contributed by atoms with Crippen LogP contribution < -0.4 is 15.4 Å². The van der Waals surface area contributed by atoms with Crippen molar-refractivity contribution in [1.82, 2.24) is 5.32 Å². The topological polar surface area (TPSA) is 84.5 Å². The molecule has 0 fully saturated rings. The number of methoxy groups -OCH3 is 1. The molecule has 0 bridgehead atoms. The maximum atomic E-state index is 12.2. The van der Waals surface area contributed by atoms with Crippen LogP contribution in [0.1, 0.15) is 28.4 Å². The predicted molar refractivity (Wildman–Crippen MR) is 107 cm³/mol. The van der Waals surface area contributed by atoms with Gasteiger partial charge in [0.15, 0.2) is 5.78 Å². The molecule has 142 valence electrons. The number of aryl methyl sites for hydroxylation is 1. The number of nitrogens with one attached hydrogen (secondary N) is 2. The van der Waals surface area contributed by atoms with Crippen molar-refractivity contribution in [3.05, 3.63) is 57.6 Å². The fourth-order valence-electron chi connectivity index (χ4n) is 2.51. The van der Waals surface area contributed by atoms with Crippen molar-refractivity contribution in [1.29, 1.82) is 0 Å². The fourth-order valence-corrected chi connectivity index (χ4v) is 2.99. The zero-order valence-electron chi connectivity index (χ0n) is 15.4. The molecule has 0 saturated carbocycles. The highest BCUT2D eigenvalue weighted by molar-refractivity contribution is 9.10. The van der Waals surface area contributed by atoms with Gasteiger partial charge in [0.1, 0.15) is 5.75 Å². The van der Waals surface area contributed by atoms with Gasteiger partial charge in [0, 0.05) is 21.3 Å². The third-order valence-corrected chi connectivity index (χ3v) is 4.44. The van der Waals surface area contributed by atoms with Gasteiger partial charge in [-0.05, 0) is 55.8 Å². The number of amides is 2. The number of ketones is 1. The predicted octanol–water partition coefficient (Wildman–Crippen LogP) is 3.27. The molecule has 7 heteroatoms. The number of Topliss-reactive ketones (excluding diaryl/α,β-unsaturated/α-hetero) is 1. The average Bonchev–Trinajstić information content (AvgIpc) is 2.62. The first-order chi connectivity index (χ1) is 12.8. The van der Waals surface area contributed by atoms with Crippen molar-refractivity contribution in [3.63, 3.8) is 0 Å². The summed E-state index contributed by atoms with van der Waals surface area (Å²) in [5.41, 5.74) is 2.69. The fraction of sp³-hybridized carbons (Fsp3) is 0.250. The number of carbonyl (C=O) groups is 3. The Bertz CT molecular complexity index is 880. The van der Waals surface area contributed by atoms with Crippen LogP contribution in [0.5, 0.6) is 5.75 Å². The van der Waals surface area contributed by atoms with Crippen LogP contribution in [0.3, 0.4) is 0 Å². The van der Waals surface area contributed by atoms with E-state index in [2.05, 4.69) is 26.6 Å². The summed E-state index contributed by atoms with van der Waals surface area (Å²) in [5, 5.41) is 5.34. The molecule has 2 aromatic rings. The lowest BCUT2D eigenvalue weighted by molar-refractivity contribution is -0.123. The molecule has 0 aliphatic carbocycles. The Morgan fingerprint density at radius 2 is 1.81 bits per heavy atom. The molecule has 2 N–H and O–H groups in total. The smallest absolute Gasteiger partial charge is 0.243 e. The Morgan fingerprint density at radius 3 is 2.44 bits per heavy atom. The Labute approximate surface area is 166 Å². The summed E-state index contributed by atoms with van der Waals surface area (Å²) in [6, 6.07) is 10.4. The lowest BCUT2D eigenvalue weighted by Crippen LogP contribution is -2.34. The number of halogens is 1. The van der Waals surface area contributed by atoms with E-state index in [9.17, 15) is 14.4 Å². The zero-order valence-corrected chi connectivity index (χ0v) is 17.0. The molecule has 2 amide bonds. The van der Waals surface area contributed by atoms with Gasteiger partial charge in [-0.25, -0.2) is 0 Å². The molecular formula is C20H21BrN2O4. The van der Waals surface area contributed by atoms with Crippen LogP contribution in [-0.4, -0.2) is 31.3 Å². The highest BCUT2D eigenvalue weighted by Gasteiger charge is 2.13.